The summed E-state index contributed by atoms with van der Waals surface area (Å²) in [6.07, 6.45) is 0. The van der Waals surface area contributed by atoms with Crippen LogP contribution in [0.3, 0.4) is 0 Å². The molecule has 0 radical (unpaired) electrons. The van der Waals surface area contributed by atoms with Gasteiger partial charge in [-0.25, -0.2) is 0 Å². The number of ketones is 2. The van der Waals surface area contributed by atoms with Crippen molar-refractivity contribution in [2.24, 2.45) is 0 Å². The molecule has 2 nitrogen and oxygen atoms in total. The standard InChI is InChI=1S/C32H24O2/c1-19-11-15-21(16-12-19)27-23-7-3-5-9-25(23)31(33)29(27)30-28(22-17-13-20(2)14-18-22)24-8-4-6-10-26(24)32(30)34/h3-18,27-28H,1-2H3/b30-29+/t27-,28-/m0/s1. The Balaban J connectivity index is 1.66. The summed E-state index contributed by atoms with van der Waals surface area (Å²) in [5.41, 5.74) is 9.00. The van der Waals surface area contributed by atoms with Crippen LogP contribution in [0.4, 0.5) is 0 Å². The molecule has 0 unspecified atom stereocenters. The van der Waals surface area contributed by atoms with Gasteiger partial charge < -0.3 is 0 Å². The quantitative estimate of drug-likeness (QED) is 0.316. The van der Waals surface area contributed by atoms with Crippen LogP contribution in [0.2, 0.25) is 0 Å². The number of allylic oxidation sites excluding steroid dienone is 2. The van der Waals surface area contributed by atoms with Gasteiger partial charge in [-0.15, -0.1) is 0 Å². The molecule has 2 heteroatoms. The maximum atomic E-state index is 14.0. The molecule has 0 saturated heterocycles. The summed E-state index contributed by atoms with van der Waals surface area (Å²) in [6, 6.07) is 32.2. The van der Waals surface area contributed by atoms with Crippen LogP contribution in [0.1, 0.15) is 65.9 Å². The molecule has 4 aromatic carbocycles. The SMILES string of the molecule is Cc1ccc([C@@H]2/C(=C3\C(=O)c4ccccc4[C@@H]3c3ccc(C)cc3)C(=O)c3ccccc32)cc1. The van der Waals surface area contributed by atoms with Gasteiger partial charge in [0.1, 0.15) is 0 Å². The predicted molar refractivity (Wildman–Crippen MR) is 135 cm³/mol. The van der Waals surface area contributed by atoms with Crippen molar-refractivity contribution in [3.8, 4) is 0 Å². The van der Waals surface area contributed by atoms with E-state index >= 15 is 0 Å². The highest BCUT2D eigenvalue weighted by atomic mass is 16.1. The molecule has 2 aliphatic rings. The zero-order chi connectivity index (χ0) is 23.4. The van der Waals surface area contributed by atoms with Crippen molar-refractivity contribution in [1.29, 1.82) is 0 Å². The van der Waals surface area contributed by atoms with Gasteiger partial charge in [-0.1, -0.05) is 108 Å². The summed E-state index contributed by atoms with van der Waals surface area (Å²) in [7, 11) is 0. The van der Waals surface area contributed by atoms with E-state index in [0.29, 0.717) is 22.3 Å². The molecule has 4 aromatic rings. The molecular weight excluding hydrogens is 416 g/mol. The highest BCUT2D eigenvalue weighted by Crippen LogP contribution is 2.51. The van der Waals surface area contributed by atoms with Crippen LogP contribution in [-0.4, -0.2) is 11.6 Å². The molecule has 0 spiro atoms. The summed E-state index contributed by atoms with van der Waals surface area (Å²) in [6.45, 7) is 4.11. The molecule has 164 valence electrons. The Labute approximate surface area is 199 Å². The van der Waals surface area contributed by atoms with Gasteiger partial charge >= 0.3 is 0 Å². The highest BCUT2D eigenvalue weighted by molar-refractivity contribution is 6.24. The van der Waals surface area contributed by atoms with Crippen molar-refractivity contribution < 1.29 is 9.59 Å². The van der Waals surface area contributed by atoms with Crippen molar-refractivity contribution in [2.45, 2.75) is 25.7 Å². The fourth-order valence-electron chi connectivity index (χ4n) is 5.54. The molecule has 6 rings (SSSR count). The third-order valence-corrected chi connectivity index (χ3v) is 7.21. The first-order valence-corrected chi connectivity index (χ1v) is 11.7. The summed E-state index contributed by atoms with van der Waals surface area (Å²) in [5, 5.41) is 0. The number of rotatable bonds is 2. The molecule has 0 N–H and O–H groups in total. The van der Waals surface area contributed by atoms with E-state index in [1.165, 1.54) is 0 Å². The first-order valence-electron chi connectivity index (χ1n) is 11.7. The number of Topliss-reactive ketones (excluding diaryl/α,β-unsaturated/α-hetero) is 2. The minimum Gasteiger partial charge on any atom is -0.289 e. The lowest BCUT2D eigenvalue weighted by molar-refractivity contribution is 0.100. The Hall–Kier alpha value is -4.04. The highest BCUT2D eigenvalue weighted by Gasteiger charge is 2.45. The van der Waals surface area contributed by atoms with Gasteiger partial charge in [0.25, 0.3) is 0 Å². The fourth-order valence-corrected chi connectivity index (χ4v) is 5.54. The Morgan fingerprint density at radius 3 is 1.21 bits per heavy atom. The molecule has 2 atom stereocenters. The number of aryl methyl sites for hydroxylation is 2. The first-order chi connectivity index (χ1) is 16.5. The van der Waals surface area contributed by atoms with Crippen molar-refractivity contribution in [3.05, 3.63) is 153 Å². The Bertz CT molecular complexity index is 1370. The van der Waals surface area contributed by atoms with Crippen LogP contribution >= 0.6 is 0 Å². The fraction of sp³-hybridized carbons (Fsp3) is 0.125. The van der Waals surface area contributed by atoms with Gasteiger partial charge in [0.05, 0.1) is 0 Å². The van der Waals surface area contributed by atoms with E-state index in [-0.39, 0.29) is 23.4 Å². The maximum absolute atomic E-state index is 14.0. The third kappa shape index (κ3) is 3.03. The van der Waals surface area contributed by atoms with E-state index in [1.54, 1.807) is 0 Å². The summed E-state index contributed by atoms with van der Waals surface area (Å²) < 4.78 is 0. The van der Waals surface area contributed by atoms with Crippen LogP contribution < -0.4 is 0 Å². The molecule has 2 aliphatic carbocycles. The zero-order valence-corrected chi connectivity index (χ0v) is 19.2. The van der Waals surface area contributed by atoms with Crippen molar-refractivity contribution in [1.82, 2.24) is 0 Å². The molecule has 0 bridgehead atoms. The van der Waals surface area contributed by atoms with E-state index in [4.69, 9.17) is 0 Å². The number of benzene rings is 4. The Kier molecular flexibility index (Phi) is 4.70. The minimum absolute atomic E-state index is 0.0329. The van der Waals surface area contributed by atoms with Crippen LogP contribution in [0.5, 0.6) is 0 Å². The summed E-state index contributed by atoms with van der Waals surface area (Å²) in [5.74, 6) is -0.583. The molecule has 0 fully saturated rings. The van der Waals surface area contributed by atoms with Crippen LogP contribution in [0, 0.1) is 13.8 Å². The topological polar surface area (TPSA) is 34.1 Å². The van der Waals surface area contributed by atoms with E-state index in [1.807, 2.05) is 48.5 Å². The Morgan fingerprint density at radius 2 is 0.824 bits per heavy atom. The number of carbonyl (C=O) groups is 2. The van der Waals surface area contributed by atoms with Crippen LogP contribution in [-0.2, 0) is 0 Å². The van der Waals surface area contributed by atoms with E-state index in [0.717, 1.165) is 33.4 Å². The predicted octanol–water partition coefficient (Wildman–Crippen LogP) is 6.96. The Morgan fingerprint density at radius 1 is 0.471 bits per heavy atom. The number of fused-ring (bicyclic) bond motifs is 2. The monoisotopic (exact) mass is 440 g/mol. The molecule has 34 heavy (non-hydrogen) atoms. The second-order valence-corrected chi connectivity index (χ2v) is 9.35. The lowest BCUT2D eigenvalue weighted by Crippen LogP contribution is -2.13. The van der Waals surface area contributed by atoms with Gasteiger partial charge in [-0.05, 0) is 36.1 Å². The largest absolute Gasteiger partial charge is 0.289 e. The average molecular weight is 441 g/mol. The molecule has 0 amide bonds. The second kappa shape index (κ2) is 7.78. The maximum Gasteiger partial charge on any atom is 0.190 e. The number of hydrogen-bond donors (Lipinski definition) is 0. The van der Waals surface area contributed by atoms with Crippen molar-refractivity contribution >= 4 is 11.6 Å². The van der Waals surface area contributed by atoms with E-state index in [2.05, 4.69) is 62.4 Å². The molecule has 0 aromatic heterocycles. The molecule has 0 saturated carbocycles. The first kappa shape index (κ1) is 20.6. The van der Waals surface area contributed by atoms with E-state index in [9.17, 15) is 9.59 Å². The van der Waals surface area contributed by atoms with Gasteiger partial charge in [0.15, 0.2) is 11.6 Å². The van der Waals surface area contributed by atoms with Gasteiger partial charge in [-0.2, -0.15) is 0 Å². The lowest BCUT2D eigenvalue weighted by atomic mass is 9.81. The van der Waals surface area contributed by atoms with Crippen LogP contribution in [0.15, 0.2) is 108 Å². The molecule has 0 aliphatic heterocycles. The van der Waals surface area contributed by atoms with Gasteiger partial charge in [-0.3, -0.25) is 9.59 Å². The molecule has 0 heterocycles. The van der Waals surface area contributed by atoms with Gasteiger partial charge in [0, 0.05) is 34.1 Å². The lowest BCUT2D eigenvalue weighted by Gasteiger charge is -2.20. The van der Waals surface area contributed by atoms with Crippen LogP contribution in [0.25, 0.3) is 0 Å². The van der Waals surface area contributed by atoms with Crippen molar-refractivity contribution in [3.63, 3.8) is 0 Å². The summed E-state index contributed by atoms with van der Waals surface area (Å²) in [4.78, 5) is 27.9. The summed E-state index contributed by atoms with van der Waals surface area (Å²) >= 11 is 0. The van der Waals surface area contributed by atoms with Gasteiger partial charge in [0.2, 0.25) is 0 Å². The van der Waals surface area contributed by atoms with Crippen molar-refractivity contribution in [2.75, 3.05) is 0 Å². The minimum atomic E-state index is -0.259. The average Bonchev–Trinajstić information content (AvgIpc) is 3.31. The zero-order valence-electron chi connectivity index (χ0n) is 19.2. The molecular formula is C32H24O2. The number of hydrogen-bond acceptors (Lipinski definition) is 2. The third-order valence-electron chi connectivity index (χ3n) is 7.21. The number of carbonyl (C=O) groups excluding carboxylic acids is 2. The van der Waals surface area contributed by atoms with E-state index < -0.39 is 0 Å². The second-order valence-electron chi connectivity index (χ2n) is 9.35. The smallest absolute Gasteiger partial charge is 0.190 e. The normalized spacial score (nSPS) is 21.0.